The lowest BCUT2D eigenvalue weighted by atomic mass is 9.92. The normalized spacial score (nSPS) is 11.0. The third-order valence-electron chi connectivity index (χ3n) is 2.71. The lowest BCUT2D eigenvalue weighted by molar-refractivity contribution is -0.128. The monoisotopic (exact) mass is 346 g/mol. The van der Waals surface area contributed by atoms with Crippen LogP contribution in [0.2, 0.25) is 5.02 Å². The molecule has 0 fully saturated rings. The summed E-state index contributed by atoms with van der Waals surface area (Å²) in [6.45, 7) is 3.79. The molecule has 0 radical (unpaired) electrons. The van der Waals surface area contributed by atoms with Gasteiger partial charge in [0.15, 0.2) is 0 Å². The summed E-state index contributed by atoms with van der Waals surface area (Å²) < 4.78 is 0.660. The highest BCUT2D eigenvalue weighted by Crippen LogP contribution is 2.23. The number of carbonyl (C=O) groups is 2. The number of halogens is 2. The molecular formula is C13H16BrClN2O2. The van der Waals surface area contributed by atoms with Gasteiger partial charge in [-0.15, -0.1) is 0 Å². The van der Waals surface area contributed by atoms with Gasteiger partial charge >= 0.3 is 0 Å². The molecule has 6 heteroatoms. The van der Waals surface area contributed by atoms with Crippen LogP contribution in [0.15, 0.2) is 22.7 Å². The Morgan fingerprint density at radius 3 is 2.53 bits per heavy atom. The molecule has 0 saturated carbocycles. The van der Waals surface area contributed by atoms with E-state index >= 15 is 0 Å². The maximum absolute atomic E-state index is 12.0. The van der Waals surface area contributed by atoms with Gasteiger partial charge in [-0.2, -0.15) is 0 Å². The van der Waals surface area contributed by atoms with Crippen molar-refractivity contribution in [2.75, 3.05) is 13.6 Å². The smallest absolute Gasteiger partial charge is 0.251 e. The van der Waals surface area contributed by atoms with E-state index in [1.54, 1.807) is 39.1 Å². The van der Waals surface area contributed by atoms with E-state index in [-0.39, 0.29) is 18.4 Å². The largest absolute Gasteiger partial charge is 0.359 e. The second kappa shape index (κ2) is 6.39. The summed E-state index contributed by atoms with van der Waals surface area (Å²) >= 11 is 9.13. The minimum absolute atomic E-state index is 0.120. The highest BCUT2D eigenvalue weighted by Gasteiger charge is 2.27. The maximum atomic E-state index is 12.0. The Bertz CT molecular complexity index is 503. The zero-order valence-electron chi connectivity index (χ0n) is 11.0. The summed E-state index contributed by atoms with van der Waals surface area (Å²) in [5.41, 5.74) is -0.169. The molecular weight excluding hydrogens is 332 g/mol. The average molecular weight is 348 g/mol. The summed E-state index contributed by atoms with van der Waals surface area (Å²) in [6, 6.07) is 4.92. The fourth-order valence-electron chi connectivity index (χ4n) is 1.46. The lowest BCUT2D eigenvalue weighted by Gasteiger charge is -2.22. The zero-order chi connectivity index (χ0) is 14.6. The third kappa shape index (κ3) is 4.21. The molecule has 0 aromatic heterocycles. The van der Waals surface area contributed by atoms with Gasteiger partial charge in [0.05, 0.1) is 10.4 Å². The molecule has 4 nitrogen and oxygen atoms in total. The Kier molecular flexibility index (Phi) is 5.38. The van der Waals surface area contributed by atoms with Gasteiger partial charge < -0.3 is 10.6 Å². The number of hydrogen-bond donors (Lipinski definition) is 2. The van der Waals surface area contributed by atoms with Gasteiger partial charge in [-0.05, 0) is 48.0 Å². The van der Waals surface area contributed by atoms with Crippen molar-refractivity contribution in [2.24, 2.45) is 5.41 Å². The van der Waals surface area contributed by atoms with E-state index in [9.17, 15) is 9.59 Å². The van der Waals surface area contributed by atoms with Crippen molar-refractivity contribution in [3.8, 4) is 0 Å². The van der Waals surface area contributed by atoms with Crippen molar-refractivity contribution in [3.63, 3.8) is 0 Å². The van der Waals surface area contributed by atoms with E-state index in [0.717, 1.165) is 0 Å². The number of benzene rings is 1. The Morgan fingerprint density at radius 1 is 1.37 bits per heavy atom. The minimum Gasteiger partial charge on any atom is -0.359 e. The first-order valence-corrected chi connectivity index (χ1v) is 6.90. The molecule has 0 saturated heterocycles. The first-order valence-electron chi connectivity index (χ1n) is 5.73. The molecule has 0 aliphatic rings. The molecule has 0 aliphatic heterocycles. The molecule has 0 spiro atoms. The molecule has 0 aliphatic carbocycles. The second-order valence-electron chi connectivity index (χ2n) is 4.77. The van der Waals surface area contributed by atoms with E-state index in [1.807, 2.05) is 0 Å². The van der Waals surface area contributed by atoms with Gasteiger partial charge in [-0.3, -0.25) is 9.59 Å². The molecule has 0 unspecified atom stereocenters. The molecule has 19 heavy (non-hydrogen) atoms. The molecule has 1 rings (SSSR count). The van der Waals surface area contributed by atoms with Crippen LogP contribution in [0.3, 0.4) is 0 Å². The fraction of sp³-hybridized carbons (Fsp3) is 0.385. The molecule has 0 atom stereocenters. The Hall–Kier alpha value is -1.07. The second-order valence-corrected chi connectivity index (χ2v) is 6.04. The van der Waals surface area contributed by atoms with E-state index < -0.39 is 5.41 Å². The molecule has 1 aromatic rings. The van der Waals surface area contributed by atoms with E-state index in [0.29, 0.717) is 15.1 Å². The van der Waals surface area contributed by atoms with Crippen LogP contribution >= 0.6 is 27.5 Å². The van der Waals surface area contributed by atoms with Crippen molar-refractivity contribution in [1.82, 2.24) is 10.6 Å². The molecule has 2 amide bonds. The third-order valence-corrected chi connectivity index (χ3v) is 3.93. The summed E-state index contributed by atoms with van der Waals surface area (Å²) in [4.78, 5) is 23.6. The molecule has 1 aromatic carbocycles. The van der Waals surface area contributed by atoms with Crippen molar-refractivity contribution in [3.05, 3.63) is 33.3 Å². The Labute approximate surface area is 126 Å². The van der Waals surface area contributed by atoms with Crippen LogP contribution in [0.25, 0.3) is 0 Å². The van der Waals surface area contributed by atoms with Gasteiger partial charge in [0.25, 0.3) is 5.91 Å². The predicted molar refractivity (Wildman–Crippen MR) is 79.3 cm³/mol. The van der Waals surface area contributed by atoms with E-state index in [2.05, 4.69) is 26.6 Å². The standard InChI is InChI=1S/C13H16BrClN2O2/c1-13(2,12(19)16-3)7-17-11(18)8-4-5-10(15)9(14)6-8/h4-6H,7H2,1-3H3,(H,16,19)(H,17,18). The van der Waals surface area contributed by atoms with E-state index in [1.165, 1.54) is 0 Å². The minimum atomic E-state index is -0.659. The Balaban J connectivity index is 2.70. The fourth-order valence-corrected chi connectivity index (χ4v) is 1.96. The zero-order valence-corrected chi connectivity index (χ0v) is 13.4. The molecule has 104 valence electrons. The van der Waals surface area contributed by atoms with Gasteiger partial charge in [0.2, 0.25) is 5.91 Å². The van der Waals surface area contributed by atoms with Crippen molar-refractivity contribution in [2.45, 2.75) is 13.8 Å². The maximum Gasteiger partial charge on any atom is 0.251 e. The van der Waals surface area contributed by atoms with Crippen LogP contribution in [0.4, 0.5) is 0 Å². The first-order chi connectivity index (χ1) is 8.77. The number of nitrogens with one attached hydrogen (secondary N) is 2. The molecule has 0 bridgehead atoms. The number of hydrogen-bond acceptors (Lipinski definition) is 2. The van der Waals surface area contributed by atoms with Crippen molar-refractivity contribution in [1.29, 1.82) is 0 Å². The quantitative estimate of drug-likeness (QED) is 0.879. The Morgan fingerprint density at radius 2 is 2.00 bits per heavy atom. The highest BCUT2D eigenvalue weighted by atomic mass is 79.9. The van der Waals surface area contributed by atoms with Crippen molar-refractivity contribution >= 4 is 39.3 Å². The van der Waals surface area contributed by atoms with Crippen LogP contribution in [-0.2, 0) is 4.79 Å². The van der Waals surface area contributed by atoms with Crippen LogP contribution < -0.4 is 10.6 Å². The summed E-state index contributed by atoms with van der Waals surface area (Å²) in [6.07, 6.45) is 0. The van der Waals surface area contributed by atoms with Crippen LogP contribution in [0.1, 0.15) is 24.2 Å². The topological polar surface area (TPSA) is 58.2 Å². The van der Waals surface area contributed by atoms with Crippen molar-refractivity contribution < 1.29 is 9.59 Å². The van der Waals surface area contributed by atoms with Gasteiger partial charge in [0.1, 0.15) is 0 Å². The first kappa shape index (κ1) is 16.0. The number of carbonyl (C=O) groups excluding carboxylic acids is 2. The van der Waals surface area contributed by atoms with Crippen LogP contribution in [0, 0.1) is 5.41 Å². The van der Waals surface area contributed by atoms with Crippen LogP contribution in [0.5, 0.6) is 0 Å². The average Bonchev–Trinajstić information content (AvgIpc) is 2.38. The lowest BCUT2D eigenvalue weighted by Crippen LogP contribution is -2.43. The van der Waals surface area contributed by atoms with Gasteiger partial charge in [0, 0.05) is 23.6 Å². The summed E-state index contributed by atoms with van der Waals surface area (Å²) in [5, 5.41) is 5.85. The van der Waals surface area contributed by atoms with E-state index in [4.69, 9.17) is 11.6 Å². The predicted octanol–water partition coefficient (Wildman–Crippen LogP) is 2.60. The SMILES string of the molecule is CNC(=O)C(C)(C)CNC(=O)c1ccc(Cl)c(Br)c1. The van der Waals surface area contributed by atoms with Gasteiger partial charge in [-0.25, -0.2) is 0 Å². The highest BCUT2D eigenvalue weighted by molar-refractivity contribution is 9.10. The summed E-state index contributed by atoms with van der Waals surface area (Å²) in [7, 11) is 1.57. The number of amides is 2. The summed E-state index contributed by atoms with van der Waals surface area (Å²) in [5.74, 6) is -0.362. The molecule has 0 heterocycles. The molecule has 2 N–H and O–H groups in total. The number of rotatable bonds is 4. The van der Waals surface area contributed by atoms with Gasteiger partial charge in [-0.1, -0.05) is 11.6 Å². The van der Waals surface area contributed by atoms with Crippen LogP contribution in [-0.4, -0.2) is 25.4 Å².